The van der Waals surface area contributed by atoms with Gasteiger partial charge in [-0.25, -0.2) is 0 Å². The lowest BCUT2D eigenvalue weighted by Gasteiger charge is -2.14. The van der Waals surface area contributed by atoms with E-state index in [9.17, 15) is 14.7 Å². The lowest BCUT2D eigenvalue weighted by molar-refractivity contribution is 0.0946. The van der Waals surface area contributed by atoms with E-state index in [-0.39, 0.29) is 17.9 Å². The Bertz CT molecular complexity index is 1150. The normalized spacial score (nSPS) is 10.6. The highest BCUT2D eigenvalue weighted by atomic mass is 79.9. The number of pyridine rings is 1. The molecule has 0 spiro atoms. The molecular formula is C20H16BrN3O3. The second-order valence-electron chi connectivity index (χ2n) is 5.93. The van der Waals surface area contributed by atoms with Crippen LogP contribution in [0.3, 0.4) is 0 Å². The van der Waals surface area contributed by atoms with Gasteiger partial charge < -0.3 is 15.0 Å². The van der Waals surface area contributed by atoms with Gasteiger partial charge in [0.15, 0.2) is 0 Å². The molecule has 0 aliphatic carbocycles. The summed E-state index contributed by atoms with van der Waals surface area (Å²) in [7, 11) is 0. The highest BCUT2D eigenvalue weighted by Gasteiger charge is 2.21. The first-order valence-electron chi connectivity index (χ1n) is 8.28. The van der Waals surface area contributed by atoms with E-state index in [0.29, 0.717) is 23.0 Å². The summed E-state index contributed by atoms with van der Waals surface area (Å²) < 4.78 is 2.18. The van der Waals surface area contributed by atoms with Crippen LogP contribution < -0.4 is 10.9 Å². The van der Waals surface area contributed by atoms with Crippen molar-refractivity contribution < 1.29 is 9.90 Å². The minimum atomic E-state index is -0.663. The Kier molecular flexibility index (Phi) is 5.28. The number of hydrogen-bond acceptors (Lipinski definition) is 4. The Morgan fingerprint density at radius 3 is 2.78 bits per heavy atom. The fourth-order valence-corrected chi connectivity index (χ4v) is 3.31. The van der Waals surface area contributed by atoms with Crippen LogP contribution in [0.2, 0.25) is 0 Å². The minimum Gasteiger partial charge on any atom is -0.506 e. The SMILES string of the molecule is CCn1c(=O)c(C(=O)NCc2cccc(C#N)c2)c(O)c2cc(Br)ccc21. The lowest BCUT2D eigenvalue weighted by Crippen LogP contribution is -2.33. The van der Waals surface area contributed by atoms with E-state index in [1.165, 1.54) is 4.57 Å². The molecule has 27 heavy (non-hydrogen) atoms. The lowest BCUT2D eigenvalue weighted by atomic mass is 10.1. The van der Waals surface area contributed by atoms with E-state index in [0.717, 1.165) is 10.0 Å². The van der Waals surface area contributed by atoms with Crippen molar-refractivity contribution >= 4 is 32.7 Å². The zero-order chi connectivity index (χ0) is 19.6. The summed E-state index contributed by atoms with van der Waals surface area (Å²) in [5.74, 6) is -1.01. The number of nitriles is 1. The molecule has 0 saturated carbocycles. The summed E-state index contributed by atoms with van der Waals surface area (Å²) >= 11 is 3.34. The van der Waals surface area contributed by atoms with Gasteiger partial charge in [0.1, 0.15) is 11.3 Å². The van der Waals surface area contributed by atoms with Crippen LogP contribution >= 0.6 is 15.9 Å². The topological polar surface area (TPSA) is 95.1 Å². The Balaban J connectivity index is 2.01. The van der Waals surface area contributed by atoms with Gasteiger partial charge in [-0.15, -0.1) is 0 Å². The number of amides is 1. The number of aromatic nitrogens is 1. The monoisotopic (exact) mass is 425 g/mol. The van der Waals surface area contributed by atoms with Crippen molar-refractivity contribution in [2.24, 2.45) is 0 Å². The van der Waals surface area contributed by atoms with E-state index in [1.54, 1.807) is 49.4 Å². The quantitative estimate of drug-likeness (QED) is 0.670. The average molecular weight is 426 g/mol. The zero-order valence-corrected chi connectivity index (χ0v) is 16.1. The molecule has 6 nitrogen and oxygen atoms in total. The van der Waals surface area contributed by atoms with Crippen molar-refractivity contribution in [3.63, 3.8) is 0 Å². The number of carbonyl (C=O) groups is 1. The smallest absolute Gasteiger partial charge is 0.267 e. The fraction of sp³-hybridized carbons (Fsp3) is 0.150. The van der Waals surface area contributed by atoms with Crippen LogP contribution in [0.5, 0.6) is 5.75 Å². The van der Waals surface area contributed by atoms with Crippen molar-refractivity contribution in [3.8, 4) is 11.8 Å². The summed E-state index contributed by atoms with van der Waals surface area (Å²) in [6, 6.07) is 14.0. The van der Waals surface area contributed by atoms with Gasteiger partial charge in [0, 0.05) is 22.9 Å². The summed E-state index contributed by atoms with van der Waals surface area (Å²) in [5, 5.41) is 22.6. The van der Waals surface area contributed by atoms with Crippen molar-refractivity contribution in [1.82, 2.24) is 9.88 Å². The molecule has 0 radical (unpaired) electrons. The van der Waals surface area contributed by atoms with Crippen LogP contribution in [-0.4, -0.2) is 15.6 Å². The number of hydrogen-bond donors (Lipinski definition) is 2. The van der Waals surface area contributed by atoms with E-state index in [2.05, 4.69) is 21.2 Å². The molecule has 0 fully saturated rings. The molecule has 1 heterocycles. The third kappa shape index (κ3) is 3.57. The number of fused-ring (bicyclic) bond motifs is 1. The van der Waals surface area contributed by atoms with Crippen LogP contribution in [0, 0.1) is 11.3 Å². The molecule has 2 aromatic carbocycles. The first-order valence-corrected chi connectivity index (χ1v) is 9.07. The number of nitrogens with zero attached hydrogens (tertiary/aromatic N) is 2. The van der Waals surface area contributed by atoms with Gasteiger partial charge in [-0.3, -0.25) is 9.59 Å². The molecule has 136 valence electrons. The predicted molar refractivity (Wildman–Crippen MR) is 106 cm³/mol. The minimum absolute atomic E-state index is 0.135. The highest BCUT2D eigenvalue weighted by molar-refractivity contribution is 9.10. The maximum Gasteiger partial charge on any atom is 0.267 e. The summed E-state index contributed by atoms with van der Waals surface area (Å²) in [4.78, 5) is 25.4. The third-order valence-corrected chi connectivity index (χ3v) is 4.75. The Labute approximate surface area is 163 Å². The molecule has 0 atom stereocenters. The van der Waals surface area contributed by atoms with E-state index >= 15 is 0 Å². The fourth-order valence-electron chi connectivity index (χ4n) is 2.95. The molecule has 1 amide bonds. The summed E-state index contributed by atoms with van der Waals surface area (Å²) in [6.45, 7) is 2.30. The maximum atomic E-state index is 12.8. The molecular weight excluding hydrogens is 410 g/mol. The Morgan fingerprint density at radius 1 is 1.30 bits per heavy atom. The molecule has 7 heteroatoms. The van der Waals surface area contributed by atoms with Crippen molar-refractivity contribution in [1.29, 1.82) is 5.26 Å². The van der Waals surface area contributed by atoms with Crippen LogP contribution in [0.25, 0.3) is 10.9 Å². The Hall–Kier alpha value is -3.11. The largest absolute Gasteiger partial charge is 0.506 e. The van der Waals surface area contributed by atoms with E-state index < -0.39 is 11.5 Å². The van der Waals surface area contributed by atoms with Crippen LogP contribution in [0.1, 0.15) is 28.4 Å². The summed E-state index contributed by atoms with van der Waals surface area (Å²) in [5.41, 5.74) is 0.920. The first-order chi connectivity index (χ1) is 13.0. The van der Waals surface area contributed by atoms with Crippen LogP contribution in [-0.2, 0) is 13.1 Å². The zero-order valence-electron chi connectivity index (χ0n) is 14.5. The molecule has 3 rings (SSSR count). The van der Waals surface area contributed by atoms with Crippen LogP contribution in [0.15, 0.2) is 51.7 Å². The van der Waals surface area contributed by atoms with Gasteiger partial charge in [0.05, 0.1) is 17.1 Å². The molecule has 1 aromatic heterocycles. The standard InChI is InChI=1S/C20H16BrN3O3/c1-2-24-16-7-6-14(21)9-15(16)18(25)17(20(24)27)19(26)23-11-13-5-3-4-12(8-13)10-22/h3-9,25H,2,11H2,1H3,(H,23,26). The Morgan fingerprint density at radius 2 is 2.07 bits per heavy atom. The molecule has 0 bridgehead atoms. The van der Waals surface area contributed by atoms with Gasteiger partial charge in [-0.1, -0.05) is 28.1 Å². The number of carbonyl (C=O) groups excluding carboxylic acids is 1. The molecule has 0 aliphatic rings. The predicted octanol–water partition coefficient (Wildman–Crippen LogP) is 3.29. The number of aromatic hydroxyl groups is 1. The van der Waals surface area contributed by atoms with Gasteiger partial charge in [-0.05, 0) is 42.8 Å². The van der Waals surface area contributed by atoms with E-state index in [1.807, 2.05) is 6.07 Å². The molecule has 0 unspecified atom stereocenters. The first kappa shape index (κ1) is 18.7. The third-order valence-electron chi connectivity index (χ3n) is 4.25. The van der Waals surface area contributed by atoms with Gasteiger partial charge in [0.25, 0.3) is 11.5 Å². The van der Waals surface area contributed by atoms with Gasteiger partial charge in [-0.2, -0.15) is 5.26 Å². The average Bonchev–Trinajstić information content (AvgIpc) is 2.67. The number of benzene rings is 2. The van der Waals surface area contributed by atoms with E-state index in [4.69, 9.17) is 5.26 Å². The van der Waals surface area contributed by atoms with Crippen molar-refractivity contribution in [3.05, 3.63) is 74.0 Å². The van der Waals surface area contributed by atoms with Crippen LogP contribution in [0.4, 0.5) is 0 Å². The number of rotatable bonds is 4. The second kappa shape index (κ2) is 7.64. The van der Waals surface area contributed by atoms with Gasteiger partial charge in [0.2, 0.25) is 0 Å². The maximum absolute atomic E-state index is 12.8. The number of aryl methyl sites for hydroxylation is 1. The number of halogens is 1. The number of nitrogens with one attached hydrogen (secondary N) is 1. The summed E-state index contributed by atoms with van der Waals surface area (Å²) in [6.07, 6.45) is 0. The molecule has 0 saturated heterocycles. The van der Waals surface area contributed by atoms with Crippen molar-refractivity contribution in [2.75, 3.05) is 0 Å². The second-order valence-corrected chi connectivity index (χ2v) is 6.85. The van der Waals surface area contributed by atoms with Crippen molar-refractivity contribution in [2.45, 2.75) is 20.0 Å². The molecule has 3 aromatic rings. The molecule has 2 N–H and O–H groups in total. The van der Waals surface area contributed by atoms with Gasteiger partial charge >= 0.3 is 0 Å². The highest BCUT2D eigenvalue weighted by Crippen LogP contribution is 2.29. The molecule has 0 aliphatic heterocycles.